The fraction of sp³-hybridized carbons (Fsp3) is 0.333. The van der Waals surface area contributed by atoms with Gasteiger partial charge in [0.25, 0.3) is 0 Å². The van der Waals surface area contributed by atoms with Gasteiger partial charge in [-0.2, -0.15) is 0 Å². The standard InChI is InChI=1S/C27H25F3N8O3S2/c1-31-20-10-4-8-18(32-20)14-22(40)34-26-38-36-24(43-26)17-7-3-6-16(13-17)23-35-37-25(42-23)33-21(39)12-15-5-2-9-19(11-15)41-27(28,29)30/h2,4-5,8-11,16-17H,1,3,6-7,12-14H2,(H,33,37,39)(H,34,38,40)/t16-,17-/m0/s1. The highest BCUT2D eigenvalue weighted by atomic mass is 32.1. The number of nitrogens with zero attached hydrogens (tertiary/aromatic N) is 6. The number of aromatic nitrogens is 5. The van der Waals surface area contributed by atoms with Crippen LogP contribution in [0.5, 0.6) is 5.75 Å². The molecule has 224 valence electrons. The lowest BCUT2D eigenvalue weighted by atomic mass is 9.82. The predicted molar refractivity (Wildman–Crippen MR) is 155 cm³/mol. The molecule has 0 aliphatic heterocycles. The Kier molecular flexibility index (Phi) is 9.35. The number of halogens is 3. The molecule has 5 rings (SSSR count). The second-order valence-corrected chi connectivity index (χ2v) is 11.8. The first-order valence-corrected chi connectivity index (χ1v) is 14.8. The number of ether oxygens (including phenoxy) is 1. The van der Waals surface area contributed by atoms with Gasteiger partial charge in [0.1, 0.15) is 15.8 Å². The molecular weight excluding hydrogens is 605 g/mol. The predicted octanol–water partition coefficient (Wildman–Crippen LogP) is 5.82. The Morgan fingerprint density at radius 2 is 1.56 bits per heavy atom. The zero-order valence-electron chi connectivity index (χ0n) is 22.5. The molecule has 0 spiro atoms. The first-order chi connectivity index (χ1) is 20.6. The molecule has 1 fully saturated rings. The topological polar surface area (TPSA) is 144 Å². The Morgan fingerprint density at radius 3 is 2.19 bits per heavy atom. The Balaban J connectivity index is 1.14. The zero-order valence-corrected chi connectivity index (χ0v) is 24.1. The first kappa shape index (κ1) is 30.2. The molecule has 1 aliphatic carbocycles. The number of aliphatic imine (C=N–C) groups is 1. The molecule has 0 bridgehead atoms. The van der Waals surface area contributed by atoms with Gasteiger partial charge < -0.3 is 15.4 Å². The van der Waals surface area contributed by atoms with Crippen LogP contribution < -0.4 is 15.4 Å². The number of anilines is 2. The molecule has 0 unspecified atom stereocenters. The quantitative estimate of drug-likeness (QED) is 0.209. The minimum atomic E-state index is -4.81. The van der Waals surface area contributed by atoms with Gasteiger partial charge in [0, 0.05) is 11.8 Å². The van der Waals surface area contributed by atoms with E-state index in [0.29, 0.717) is 27.3 Å². The highest BCUT2D eigenvalue weighted by Gasteiger charge is 2.31. The largest absolute Gasteiger partial charge is 0.573 e. The smallest absolute Gasteiger partial charge is 0.406 e. The monoisotopic (exact) mass is 630 g/mol. The molecule has 4 aromatic rings. The van der Waals surface area contributed by atoms with Gasteiger partial charge in [-0.05, 0) is 55.8 Å². The van der Waals surface area contributed by atoms with Crippen LogP contribution in [0.25, 0.3) is 0 Å². The van der Waals surface area contributed by atoms with Crippen molar-refractivity contribution in [3.8, 4) is 5.75 Å². The summed E-state index contributed by atoms with van der Waals surface area (Å²) in [6.45, 7) is 3.44. The number of hydrogen-bond acceptors (Lipinski definition) is 11. The average Bonchev–Trinajstić information content (AvgIpc) is 3.62. The van der Waals surface area contributed by atoms with E-state index in [0.717, 1.165) is 35.7 Å². The average molecular weight is 631 g/mol. The molecule has 1 aliphatic rings. The zero-order chi connectivity index (χ0) is 30.4. The summed E-state index contributed by atoms with van der Waals surface area (Å²) >= 11 is 2.61. The van der Waals surface area contributed by atoms with E-state index in [-0.39, 0.29) is 30.6 Å². The van der Waals surface area contributed by atoms with Crippen molar-refractivity contribution in [3.05, 3.63) is 63.7 Å². The van der Waals surface area contributed by atoms with E-state index in [2.05, 4.69) is 52.5 Å². The van der Waals surface area contributed by atoms with Gasteiger partial charge in [-0.1, -0.05) is 47.3 Å². The van der Waals surface area contributed by atoms with E-state index in [1.165, 1.54) is 46.9 Å². The number of pyridine rings is 1. The summed E-state index contributed by atoms with van der Waals surface area (Å²) < 4.78 is 41.4. The van der Waals surface area contributed by atoms with E-state index < -0.39 is 18.0 Å². The Morgan fingerprint density at radius 1 is 0.930 bits per heavy atom. The van der Waals surface area contributed by atoms with Crippen molar-refractivity contribution in [1.29, 1.82) is 0 Å². The summed E-state index contributed by atoms with van der Waals surface area (Å²) in [6, 6.07) is 10.5. The summed E-state index contributed by atoms with van der Waals surface area (Å²) in [4.78, 5) is 33.0. The van der Waals surface area contributed by atoms with Gasteiger partial charge in [-0.25, -0.2) is 9.98 Å². The first-order valence-electron chi connectivity index (χ1n) is 13.2. The van der Waals surface area contributed by atoms with Gasteiger partial charge in [0.05, 0.1) is 18.5 Å². The SMILES string of the molecule is C=Nc1cccc(CC(=O)Nc2nnc([C@H]3CCC[C@H](c4nnc(NC(=O)Cc5cccc(OC(F)(F)F)c5)s4)C3)s2)n1. The van der Waals surface area contributed by atoms with Gasteiger partial charge >= 0.3 is 6.36 Å². The van der Waals surface area contributed by atoms with Crippen molar-refractivity contribution in [2.24, 2.45) is 4.99 Å². The number of benzene rings is 1. The number of carbonyl (C=O) groups excluding carboxylic acids is 2. The van der Waals surface area contributed by atoms with E-state index >= 15 is 0 Å². The molecule has 16 heteroatoms. The van der Waals surface area contributed by atoms with Crippen molar-refractivity contribution in [2.75, 3.05) is 10.6 Å². The molecule has 2 amide bonds. The van der Waals surface area contributed by atoms with Crippen LogP contribution in [-0.2, 0) is 22.4 Å². The van der Waals surface area contributed by atoms with Crippen LogP contribution in [0.1, 0.15) is 58.8 Å². The number of hydrogen-bond donors (Lipinski definition) is 2. The molecule has 1 saturated carbocycles. The lowest BCUT2D eigenvalue weighted by Crippen LogP contribution is -2.17. The second kappa shape index (κ2) is 13.3. The number of rotatable bonds is 10. The molecule has 1 aromatic carbocycles. The summed E-state index contributed by atoms with van der Waals surface area (Å²) in [6.07, 6.45) is -1.37. The van der Waals surface area contributed by atoms with Crippen LogP contribution in [-0.4, -0.2) is 50.3 Å². The van der Waals surface area contributed by atoms with Gasteiger partial charge in [0.15, 0.2) is 5.82 Å². The molecule has 3 heterocycles. The van der Waals surface area contributed by atoms with E-state index in [1.807, 2.05) is 0 Å². The third-order valence-electron chi connectivity index (χ3n) is 6.54. The molecule has 2 atom stereocenters. The van der Waals surface area contributed by atoms with Crippen LogP contribution in [0.2, 0.25) is 0 Å². The summed E-state index contributed by atoms with van der Waals surface area (Å²) in [5, 5.41) is 24.6. The van der Waals surface area contributed by atoms with Gasteiger partial charge in [-0.15, -0.1) is 33.6 Å². The van der Waals surface area contributed by atoms with E-state index in [9.17, 15) is 22.8 Å². The number of carbonyl (C=O) groups is 2. The lowest BCUT2D eigenvalue weighted by Gasteiger charge is -2.25. The maximum absolute atomic E-state index is 12.5. The Hall–Kier alpha value is -4.31. The Bertz CT molecular complexity index is 1610. The molecule has 43 heavy (non-hydrogen) atoms. The highest BCUT2D eigenvalue weighted by Crippen LogP contribution is 2.43. The van der Waals surface area contributed by atoms with Crippen LogP contribution in [0, 0.1) is 0 Å². The van der Waals surface area contributed by atoms with E-state index in [1.54, 1.807) is 18.2 Å². The molecule has 0 radical (unpaired) electrons. The van der Waals surface area contributed by atoms with Crippen molar-refractivity contribution in [1.82, 2.24) is 25.4 Å². The summed E-state index contributed by atoms with van der Waals surface area (Å²) in [5.74, 6) is -0.396. The molecule has 3 aromatic heterocycles. The number of amides is 2. The summed E-state index contributed by atoms with van der Waals surface area (Å²) in [7, 11) is 0. The van der Waals surface area contributed by atoms with Crippen LogP contribution >= 0.6 is 22.7 Å². The van der Waals surface area contributed by atoms with E-state index in [4.69, 9.17) is 0 Å². The second-order valence-electron chi connectivity index (χ2n) is 9.74. The maximum Gasteiger partial charge on any atom is 0.573 e. The van der Waals surface area contributed by atoms with Gasteiger partial charge in [0.2, 0.25) is 22.1 Å². The third kappa shape index (κ3) is 8.61. The Labute approximate surface area is 251 Å². The van der Waals surface area contributed by atoms with Crippen LogP contribution in [0.15, 0.2) is 47.5 Å². The summed E-state index contributed by atoms with van der Waals surface area (Å²) in [5.41, 5.74) is 0.933. The van der Waals surface area contributed by atoms with Crippen LogP contribution in [0.4, 0.5) is 29.3 Å². The molecule has 2 N–H and O–H groups in total. The van der Waals surface area contributed by atoms with Gasteiger partial charge in [-0.3, -0.25) is 9.59 Å². The maximum atomic E-state index is 12.5. The highest BCUT2D eigenvalue weighted by molar-refractivity contribution is 7.15. The fourth-order valence-corrected chi connectivity index (χ4v) is 6.54. The van der Waals surface area contributed by atoms with Crippen molar-refractivity contribution >= 4 is 57.3 Å². The normalized spacial score (nSPS) is 16.8. The molecule has 0 saturated heterocycles. The molecule has 11 nitrogen and oxygen atoms in total. The lowest BCUT2D eigenvalue weighted by molar-refractivity contribution is -0.274. The molecular formula is C27H25F3N8O3S2. The number of nitrogens with one attached hydrogen (secondary N) is 2. The number of alkyl halides is 3. The third-order valence-corrected chi connectivity index (χ3v) is 8.54. The van der Waals surface area contributed by atoms with Crippen LogP contribution in [0.3, 0.4) is 0 Å². The van der Waals surface area contributed by atoms with Crippen molar-refractivity contribution in [2.45, 2.75) is 56.7 Å². The minimum absolute atomic E-state index is 0.0680. The van der Waals surface area contributed by atoms with Crippen molar-refractivity contribution < 1.29 is 27.5 Å². The minimum Gasteiger partial charge on any atom is -0.406 e. The van der Waals surface area contributed by atoms with Crippen molar-refractivity contribution in [3.63, 3.8) is 0 Å². The fourth-order valence-electron chi connectivity index (χ4n) is 4.72.